The van der Waals surface area contributed by atoms with Crippen molar-refractivity contribution in [3.8, 4) is 0 Å². The number of nitrogens with zero attached hydrogens (tertiary/aromatic N) is 4. The number of imidazole rings is 1. The zero-order chi connectivity index (χ0) is 19.8. The van der Waals surface area contributed by atoms with Crippen LogP contribution in [0.4, 0.5) is 0 Å². The normalized spacial score (nSPS) is 11.6. The lowest BCUT2D eigenvalue weighted by molar-refractivity contribution is 0.0955. The van der Waals surface area contributed by atoms with Gasteiger partial charge in [0.1, 0.15) is 11.6 Å². The first-order valence-electron chi connectivity index (χ1n) is 8.89. The van der Waals surface area contributed by atoms with E-state index in [2.05, 4.69) is 25.5 Å². The van der Waals surface area contributed by atoms with E-state index in [0.717, 1.165) is 22.7 Å². The lowest BCUT2D eigenvalue weighted by atomic mass is 10.2. The summed E-state index contributed by atoms with van der Waals surface area (Å²) < 4.78 is 1.85. The Labute approximate surface area is 171 Å². The van der Waals surface area contributed by atoms with Crippen molar-refractivity contribution in [2.75, 3.05) is 6.54 Å². The summed E-state index contributed by atoms with van der Waals surface area (Å²) in [6.07, 6.45) is 2.41. The topological polar surface area (TPSA) is 88.0 Å². The number of amides is 1. The number of hydrogen-bond donors (Lipinski definition) is 2. The molecule has 4 rings (SSSR count). The first-order valence-corrected chi connectivity index (χ1v) is 9.65. The number of carbonyl (C=O) groups is 1. The number of aromatic amines is 1. The molecule has 0 saturated heterocycles. The van der Waals surface area contributed by atoms with Crippen molar-refractivity contribution >= 4 is 45.8 Å². The molecule has 0 aliphatic rings. The molecule has 0 atom stereocenters. The van der Waals surface area contributed by atoms with Crippen LogP contribution < -0.4 is 5.32 Å². The van der Waals surface area contributed by atoms with E-state index >= 15 is 0 Å². The first kappa shape index (κ1) is 18.7. The number of benzene rings is 1. The number of nitrogens with one attached hydrogen (secondary N) is 2. The van der Waals surface area contributed by atoms with Gasteiger partial charge in [0.15, 0.2) is 5.65 Å². The lowest BCUT2D eigenvalue weighted by Crippen LogP contribution is -2.26. The van der Waals surface area contributed by atoms with Crippen molar-refractivity contribution < 1.29 is 4.79 Å². The fourth-order valence-corrected chi connectivity index (χ4v) is 3.39. The summed E-state index contributed by atoms with van der Waals surface area (Å²) in [7, 11) is 0. The second kappa shape index (κ2) is 7.41. The number of carbonyl (C=O) groups excluding carboxylic acids is 1. The van der Waals surface area contributed by atoms with E-state index in [1.165, 1.54) is 0 Å². The Morgan fingerprint density at radius 1 is 1.25 bits per heavy atom. The summed E-state index contributed by atoms with van der Waals surface area (Å²) in [6, 6.07) is 7.03. The highest BCUT2D eigenvalue weighted by atomic mass is 35.5. The molecule has 1 aromatic carbocycles. The molecule has 3 heterocycles. The minimum Gasteiger partial charge on any atom is -0.351 e. The maximum Gasteiger partial charge on any atom is 0.255 e. The monoisotopic (exact) mass is 416 g/mol. The van der Waals surface area contributed by atoms with Crippen LogP contribution in [0.3, 0.4) is 0 Å². The van der Waals surface area contributed by atoms with Crippen LogP contribution in [0.25, 0.3) is 16.7 Å². The molecule has 2 N–H and O–H groups in total. The highest BCUT2D eigenvalue weighted by Crippen LogP contribution is 2.26. The molecule has 0 spiro atoms. The Kier molecular flexibility index (Phi) is 4.95. The molecule has 0 bridgehead atoms. The van der Waals surface area contributed by atoms with E-state index in [0.29, 0.717) is 34.2 Å². The third-order valence-corrected chi connectivity index (χ3v) is 5.16. The van der Waals surface area contributed by atoms with Gasteiger partial charge in [-0.15, -0.1) is 10.2 Å². The summed E-state index contributed by atoms with van der Waals surface area (Å²) in [6.45, 7) is 4.50. The second-order valence-electron chi connectivity index (χ2n) is 6.80. The van der Waals surface area contributed by atoms with E-state index in [1.54, 1.807) is 18.2 Å². The van der Waals surface area contributed by atoms with Crippen molar-refractivity contribution in [2.45, 2.75) is 26.2 Å². The van der Waals surface area contributed by atoms with Gasteiger partial charge in [0.05, 0.1) is 26.6 Å². The summed E-state index contributed by atoms with van der Waals surface area (Å²) in [5.74, 6) is 1.58. The van der Waals surface area contributed by atoms with Crippen LogP contribution in [-0.2, 0) is 6.42 Å². The largest absolute Gasteiger partial charge is 0.351 e. The molecule has 28 heavy (non-hydrogen) atoms. The average molecular weight is 417 g/mol. The third-order valence-electron chi connectivity index (χ3n) is 4.44. The van der Waals surface area contributed by atoms with Gasteiger partial charge in [-0.05, 0) is 24.3 Å². The molecule has 9 heteroatoms. The molecule has 0 unspecified atom stereocenters. The number of pyridine rings is 1. The first-order chi connectivity index (χ1) is 13.4. The Morgan fingerprint density at radius 2 is 2.04 bits per heavy atom. The zero-order valence-electron chi connectivity index (χ0n) is 15.3. The van der Waals surface area contributed by atoms with Crippen LogP contribution in [0.5, 0.6) is 0 Å². The predicted molar refractivity (Wildman–Crippen MR) is 109 cm³/mol. The van der Waals surface area contributed by atoms with Crippen molar-refractivity contribution in [3.63, 3.8) is 0 Å². The van der Waals surface area contributed by atoms with Crippen molar-refractivity contribution in [3.05, 3.63) is 57.7 Å². The van der Waals surface area contributed by atoms with Crippen LogP contribution in [0.15, 0.2) is 30.5 Å². The molecular weight excluding hydrogens is 399 g/mol. The van der Waals surface area contributed by atoms with E-state index in [4.69, 9.17) is 23.2 Å². The zero-order valence-corrected chi connectivity index (χ0v) is 16.8. The van der Waals surface area contributed by atoms with E-state index < -0.39 is 0 Å². The van der Waals surface area contributed by atoms with Gasteiger partial charge in [-0.1, -0.05) is 37.0 Å². The lowest BCUT2D eigenvalue weighted by Gasteiger charge is -2.06. The summed E-state index contributed by atoms with van der Waals surface area (Å²) in [5.41, 5.74) is 2.59. The van der Waals surface area contributed by atoms with Crippen molar-refractivity contribution in [1.29, 1.82) is 0 Å². The molecular formula is C19H18Cl2N6O. The molecule has 1 amide bonds. The Bertz CT molecular complexity index is 1140. The standard InChI is InChI=1S/C19H18Cl2N6O/c1-10(2)17-25-26-18-11(4-3-7-27(17)18)19(28)22-6-5-16-23-14-8-12(20)13(21)9-15(14)24-16/h3-4,7-10H,5-6H2,1-2H3,(H,22,28)(H,23,24). The fourth-order valence-electron chi connectivity index (χ4n) is 3.07. The maximum absolute atomic E-state index is 12.6. The number of H-pyrrole nitrogens is 1. The second-order valence-corrected chi connectivity index (χ2v) is 7.62. The van der Waals surface area contributed by atoms with Gasteiger partial charge in [0.25, 0.3) is 5.91 Å². The highest BCUT2D eigenvalue weighted by Gasteiger charge is 2.16. The highest BCUT2D eigenvalue weighted by molar-refractivity contribution is 6.42. The minimum absolute atomic E-state index is 0.199. The van der Waals surface area contributed by atoms with Crippen LogP contribution in [0.1, 0.15) is 41.8 Å². The number of hydrogen-bond acceptors (Lipinski definition) is 4. The van der Waals surface area contributed by atoms with Crippen LogP contribution in [0.2, 0.25) is 10.0 Å². The van der Waals surface area contributed by atoms with Gasteiger partial charge < -0.3 is 10.3 Å². The number of halogens is 2. The minimum atomic E-state index is -0.199. The van der Waals surface area contributed by atoms with Crippen LogP contribution in [0, 0.1) is 0 Å². The molecule has 0 aliphatic heterocycles. The Hall–Kier alpha value is -2.64. The van der Waals surface area contributed by atoms with E-state index in [9.17, 15) is 4.79 Å². The third kappa shape index (κ3) is 3.43. The number of rotatable bonds is 5. The molecule has 3 aromatic heterocycles. The molecule has 144 valence electrons. The van der Waals surface area contributed by atoms with Crippen molar-refractivity contribution in [2.24, 2.45) is 0 Å². The molecule has 0 radical (unpaired) electrons. The molecule has 0 fully saturated rings. The van der Waals surface area contributed by atoms with Gasteiger partial charge in [-0.2, -0.15) is 0 Å². The van der Waals surface area contributed by atoms with Gasteiger partial charge in [-0.25, -0.2) is 4.98 Å². The average Bonchev–Trinajstić information content (AvgIpc) is 3.25. The fraction of sp³-hybridized carbons (Fsp3) is 0.263. The summed E-state index contributed by atoms with van der Waals surface area (Å²) in [5, 5.41) is 12.2. The maximum atomic E-state index is 12.6. The van der Waals surface area contributed by atoms with E-state index in [1.807, 2.05) is 30.5 Å². The molecule has 0 saturated carbocycles. The van der Waals surface area contributed by atoms with Gasteiger partial charge in [-0.3, -0.25) is 9.20 Å². The van der Waals surface area contributed by atoms with Crippen molar-refractivity contribution in [1.82, 2.24) is 29.9 Å². The van der Waals surface area contributed by atoms with Gasteiger partial charge >= 0.3 is 0 Å². The quantitative estimate of drug-likeness (QED) is 0.514. The Balaban J connectivity index is 1.47. The SMILES string of the molecule is CC(C)c1nnc2c(C(=O)NCCc3nc4cc(Cl)c(Cl)cc4[nH]3)cccn12. The summed E-state index contributed by atoms with van der Waals surface area (Å²) >= 11 is 12.1. The molecule has 0 aliphatic carbocycles. The summed E-state index contributed by atoms with van der Waals surface area (Å²) in [4.78, 5) is 20.3. The van der Waals surface area contributed by atoms with Gasteiger partial charge in [0, 0.05) is 25.1 Å². The molecule has 4 aromatic rings. The number of aromatic nitrogens is 5. The predicted octanol–water partition coefficient (Wildman–Crippen LogP) is 4.01. The van der Waals surface area contributed by atoms with Crippen LogP contribution >= 0.6 is 23.2 Å². The van der Waals surface area contributed by atoms with Gasteiger partial charge in [0.2, 0.25) is 0 Å². The molecule has 7 nitrogen and oxygen atoms in total. The smallest absolute Gasteiger partial charge is 0.255 e. The van der Waals surface area contributed by atoms with Crippen LogP contribution in [-0.4, -0.2) is 37.0 Å². The van der Waals surface area contributed by atoms with E-state index in [-0.39, 0.29) is 11.8 Å². The number of fused-ring (bicyclic) bond motifs is 2. The Morgan fingerprint density at radius 3 is 2.82 bits per heavy atom.